The number of halogens is 3. The molecule has 55 heavy (non-hydrogen) atoms. The van der Waals surface area contributed by atoms with Gasteiger partial charge in [0.15, 0.2) is 0 Å². The minimum Gasteiger partial charge on any atom is -0.493 e. The molecule has 3 heterocycles. The number of ether oxygens (including phenoxy) is 1. The molecule has 0 aliphatic carbocycles. The predicted molar refractivity (Wildman–Crippen MR) is 218 cm³/mol. The van der Waals surface area contributed by atoms with Crippen molar-refractivity contribution in [2.45, 2.75) is 88.4 Å². The minimum absolute atomic E-state index is 0.0335. The van der Waals surface area contributed by atoms with E-state index in [4.69, 9.17) is 44.5 Å². The summed E-state index contributed by atoms with van der Waals surface area (Å²) in [6, 6.07) is 17.6. The number of piperidine rings is 1. The van der Waals surface area contributed by atoms with Crippen LogP contribution < -0.4 is 14.8 Å². The first kappa shape index (κ1) is 41.2. The molecule has 6 rings (SSSR count). The number of hydrogen-bond donors (Lipinski definition) is 2. The number of nitrogens with zero attached hydrogens (tertiary/aromatic N) is 4. The molecule has 3 aromatic carbocycles. The molecule has 0 saturated carbocycles. The number of likely N-dealkylation sites (tertiary alicyclic amines) is 1. The van der Waals surface area contributed by atoms with Gasteiger partial charge in [0.1, 0.15) is 27.6 Å². The molecule has 2 saturated heterocycles. The van der Waals surface area contributed by atoms with Crippen LogP contribution >= 0.6 is 34.8 Å². The van der Waals surface area contributed by atoms with Gasteiger partial charge in [-0.3, -0.25) is 19.6 Å². The summed E-state index contributed by atoms with van der Waals surface area (Å²) in [4.78, 5) is 38.7. The molecule has 3 aliphatic heterocycles. The van der Waals surface area contributed by atoms with E-state index in [0.29, 0.717) is 48.2 Å². The number of rotatable bonds is 8. The van der Waals surface area contributed by atoms with E-state index < -0.39 is 26.6 Å². The highest BCUT2D eigenvalue weighted by atomic mass is 35.5. The van der Waals surface area contributed by atoms with Crippen LogP contribution in [0.2, 0.25) is 15.1 Å². The van der Waals surface area contributed by atoms with Crippen molar-refractivity contribution in [2.75, 3.05) is 39.3 Å². The Hall–Kier alpha value is -3.39. The summed E-state index contributed by atoms with van der Waals surface area (Å²) in [6.45, 7) is 14.2. The predicted octanol–water partition coefficient (Wildman–Crippen LogP) is 7.42. The zero-order chi connectivity index (χ0) is 39.9. The highest BCUT2D eigenvalue weighted by molar-refractivity contribution is 7.89. The maximum atomic E-state index is 15.5. The molecule has 2 atom stereocenters. The van der Waals surface area contributed by atoms with Gasteiger partial charge in [0, 0.05) is 66.8 Å². The lowest BCUT2D eigenvalue weighted by Gasteiger charge is -2.47. The maximum Gasteiger partial charge on any atom is 0.326 e. The van der Waals surface area contributed by atoms with Gasteiger partial charge in [-0.15, -0.1) is 0 Å². The van der Waals surface area contributed by atoms with Gasteiger partial charge >= 0.3 is 6.03 Å². The molecular formula is C40H49Cl3N6O5S. The van der Waals surface area contributed by atoms with Crippen LogP contribution in [0.5, 0.6) is 5.75 Å². The van der Waals surface area contributed by atoms with E-state index in [1.165, 1.54) is 12.1 Å². The van der Waals surface area contributed by atoms with Crippen LogP contribution in [-0.2, 0) is 25.9 Å². The van der Waals surface area contributed by atoms with Gasteiger partial charge in [-0.05, 0) is 95.8 Å². The quantitative estimate of drug-likeness (QED) is 0.244. The Bertz CT molecular complexity index is 2070. The number of aliphatic imine (C=N–C) groups is 1. The van der Waals surface area contributed by atoms with Crippen molar-refractivity contribution in [2.24, 2.45) is 4.99 Å². The Labute approximate surface area is 339 Å². The number of amidine groups is 1. The third kappa shape index (κ3) is 8.22. The molecule has 11 nitrogen and oxygen atoms in total. The SMILES string of the molecule is CCOc1cc(Cl)c(S(=O)(=O)NC(C)(C)C)cc1C1=N[C@@](C)(c2ccc(Cl)cc2)[C@@](C)(c2ccc(Cl)cc2)N1C(=O)N1CCC(N2CCNC(=O)CC2)CC1. The molecule has 2 fully saturated rings. The summed E-state index contributed by atoms with van der Waals surface area (Å²) in [5.74, 6) is 0.562. The van der Waals surface area contributed by atoms with E-state index >= 15 is 4.79 Å². The first-order valence-electron chi connectivity index (χ1n) is 18.6. The number of sulfonamides is 1. The smallest absolute Gasteiger partial charge is 0.326 e. The standard InChI is InChI=1S/C40H49Cl3N6O5S/c1-7-54-33-25-32(43)34(55(52,53)46-38(2,3)4)24-31(33)36-45-39(5,26-8-12-28(41)13-9-26)40(6,27-10-14-29(42)15-11-27)49(36)37(51)48-20-16-30(17-21-48)47-22-18-35(50)44-19-23-47/h8-15,24-25,30,46H,7,16-23H2,1-6H3,(H,44,50)/t39-,40+/m0/s1. The van der Waals surface area contributed by atoms with Crippen molar-refractivity contribution < 1.29 is 22.7 Å². The zero-order valence-electron chi connectivity index (χ0n) is 32.1. The third-order valence-corrected chi connectivity index (χ3v) is 13.6. The minimum atomic E-state index is -4.15. The topological polar surface area (TPSA) is 124 Å². The second-order valence-electron chi connectivity index (χ2n) is 15.6. The Morgan fingerprint density at radius 1 is 0.945 bits per heavy atom. The van der Waals surface area contributed by atoms with E-state index in [0.717, 1.165) is 30.5 Å². The van der Waals surface area contributed by atoms with E-state index in [-0.39, 0.29) is 46.1 Å². The number of nitrogens with one attached hydrogen (secondary N) is 2. The number of urea groups is 1. The lowest BCUT2D eigenvalue weighted by atomic mass is 9.71. The Balaban J connectivity index is 1.54. The molecule has 296 valence electrons. The van der Waals surface area contributed by atoms with E-state index in [9.17, 15) is 13.2 Å². The summed E-state index contributed by atoms with van der Waals surface area (Å²) >= 11 is 19.6. The largest absolute Gasteiger partial charge is 0.493 e. The van der Waals surface area contributed by atoms with Crippen LogP contribution in [0.1, 0.15) is 77.5 Å². The van der Waals surface area contributed by atoms with Crippen LogP contribution in [0, 0.1) is 0 Å². The summed E-state index contributed by atoms with van der Waals surface area (Å²) < 4.78 is 36.7. The van der Waals surface area contributed by atoms with Crippen LogP contribution in [0.4, 0.5) is 4.79 Å². The Morgan fingerprint density at radius 2 is 1.55 bits per heavy atom. The van der Waals surface area contributed by atoms with Crippen LogP contribution in [0.15, 0.2) is 70.6 Å². The first-order chi connectivity index (χ1) is 25.9. The second-order valence-corrected chi connectivity index (χ2v) is 18.6. The van der Waals surface area contributed by atoms with Crippen molar-refractivity contribution in [1.82, 2.24) is 24.7 Å². The first-order valence-corrected chi connectivity index (χ1v) is 21.2. The van der Waals surface area contributed by atoms with Gasteiger partial charge in [0.25, 0.3) is 0 Å². The second kappa shape index (κ2) is 15.9. The summed E-state index contributed by atoms with van der Waals surface area (Å²) in [7, 11) is -4.15. The summed E-state index contributed by atoms with van der Waals surface area (Å²) in [5.41, 5.74) is -1.32. The average molecular weight is 832 g/mol. The van der Waals surface area contributed by atoms with Crippen molar-refractivity contribution in [3.63, 3.8) is 0 Å². The number of carbonyl (C=O) groups excluding carboxylic acids is 2. The van der Waals surface area contributed by atoms with Gasteiger partial charge in [-0.2, -0.15) is 0 Å². The summed E-state index contributed by atoms with van der Waals surface area (Å²) in [5, 5.41) is 3.99. The van der Waals surface area contributed by atoms with E-state index in [2.05, 4.69) is 14.9 Å². The molecule has 0 bridgehead atoms. The number of benzene rings is 3. The fraction of sp³-hybridized carbons (Fsp3) is 0.475. The lowest BCUT2D eigenvalue weighted by Crippen LogP contribution is -2.59. The normalized spacial score (nSPS) is 23.0. The van der Waals surface area contributed by atoms with E-state index in [1.807, 2.05) is 49.9 Å². The maximum absolute atomic E-state index is 15.5. The number of hydrogen-bond acceptors (Lipinski definition) is 7. The van der Waals surface area contributed by atoms with Crippen molar-refractivity contribution >= 4 is 62.6 Å². The molecule has 3 aromatic rings. The molecule has 2 N–H and O–H groups in total. The van der Waals surface area contributed by atoms with Crippen molar-refractivity contribution in [1.29, 1.82) is 0 Å². The van der Waals surface area contributed by atoms with Crippen LogP contribution in [0.3, 0.4) is 0 Å². The fourth-order valence-electron chi connectivity index (χ4n) is 7.93. The van der Waals surface area contributed by atoms with Gasteiger partial charge in [-0.25, -0.2) is 17.9 Å². The molecular weight excluding hydrogens is 783 g/mol. The molecule has 3 aliphatic rings. The van der Waals surface area contributed by atoms with Gasteiger partial charge < -0.3 is 15.0 Å². The monoisotopic (exact) mass is 830 g/mol. The molecule has 0 aromatic heterocycles. The number of amides is 3. The highest BCUT2D eigenvalue weighted by Crippen LogP contribution is 2.54. The highest BCUT2D eigenvalue weighted by Gasteiger charge is 2.60. The molecule has 15 heteroatoms. The van der Waals surface area contributed by atoms with Crippen molar-refractivity contribution in [3.8, 4) is 5.75 Å². The zero-order valence-corrected chi connectivity index (χ0v) is 35.2. The Kier molecular flexibility index (Phi) is 11.9. The molecule has 0 unspecified atom stereocenters. The third-order valence-electron chi connectivity index (χ3n) is 10.8. The van der Waals surface area contributed by atoms with Crippen LogP contribution in [-0.4, -0.2) is 91.8 Å². The van der Waals surface area contributed by atoms with Gasteiger partial charge in [-0.1, -0.05) is 59.1 Å². The molecule has 0 radical (unpaired) electrons. The fourth-order valence-corrected chi connectivity index (χ4v) is 10.1. The average Bonchev–Trinajstić information content (AvgIpc) is 3.21. The van der Waals surface area contributed by atoms with Gasteiger partial charge in [0.2, 0.25) is 15.9 Å². The Morgan fingerprint density at radius 3 is 2.13 bits per heavy atom. The van der Waals surface area contributed by atoms with Crippen LogP contribution in [0.25, 0.3) is 0 Å². The van der Waals surface area contributed by atoms with Crippen molar-refractivity contribution in [3.05, 3.63) is 92.4 Å². The van der Waals surface area contributed by atoms with Gasteiger partial charge in [0.05, 0.1) is 17.2 Å². The molecule has 3 amide bonds. The lowest BCUT2D eigenvalue weighted by molar-refractivity contribution is -0.120. The number of carbonyl (C=O) groups is 2. The van der Waals surface area contributed by atoms with E-state index in [1.54, 1.807) is 49.9 Å². The molecule has 0 spiro atoms. The summed E-state index contributed by atoms with van der Waals surface area (Å²) in [6.07, 6.45) is 1.89.